The number of benzene rings is 4. The number of halogens is 4. The summed E-state index contributed by atoms with van der Waals surface area (Å²) in [6, 6.07) is 19.5. The van der Waals surface area contributed by atoms with Gasteiger partial charge in [0, 0.05) is 27.8 Å². The van der Waals surface area contributed by atoms with Crippen LogP contribution in [0.5, 0.6) is 11.5 Å². The summed E-state index contributed by atoms with van der Waals surface area (Å²) in [6.07, 6.45) is 1.44. The molecule has 0 heterocycles. The molecule has 4 rings (SSSR count). The van der Waals surface area contributed by atoms with E-state index in [1.54, 1.807) is 60.7 Å². The van der Waals surface area contributed by atoms with Gasteiger partial charge in [-0.25, -0.2) is 17.6 Å². The highest BCUT2D eigenvalue weighted by Crippen LogP contribution is 2.28. The summed E-state index contributed by atoms with van der Waals surface area (Å²) in [7, 11) is 2.95. The Morgan fingerprint density at radius 2 is 1.47 bits per heavy atom. The minimum Gasteiger partial charge on any atom is -0.497 e. The van der Waals surface area contributed by atoms with Gasteiger partial charge >= 0.3 is 0 Å². The molecule has 0 saturated heterocycles. The lowest BCUT2D eigenvalue weighted by Crippen LogP contribution is -2.30. The van der Waals surface area contributed by atoms with Gasteiger partial charge in [0.1, 0.15) is 22.9 Å². The second-order valence-corrected chi connectivity index (χ2v) is 10.2. The molecule has 45 heavy (non-hydrogen) atoms. The van der Waals surface area contributed by atoms with Crippen molar-refractivity contribution in [1.82, 2.24) is 5.32 Å². The first-order valence-electron chi connectivity index (χ1n) is 13.1. The number of nitrogens with one attached hydrogen (secondary N) is 3. The second-order valence-electron chi connectivity index (χ2n) is 9.14. The minimum atomic E-state index is -1.72. The van der Waals surface area contributed by atoms with Crippen molar-refractivity contribution in [3.8, 4) is 11.5 Å². The van der Waals surface area contributed by atoms with Crippen molar-refractivity contribution in [2.75, 3.05) is 30.6 Å². The Bertz CT molecular complexity index is 1730. The van der Waals surface area contributed by atoms with E-state index in [1.165, 1.54) is 32.4 Å². The van der Waals surface area contributed by atoms with E-state index < -0.39 is 46.7 Å². The molecule has 13 heteroatoms. The zero-order chi connectivity index (χ0) is 32.5. The molecule has 0 saturated carbocycles. The highest BCUT2D eigenvalue weighted by Gasteiger charge is 2.21. The van der Waals surface area contributed by atoms with E-state index >= 15 is 0 Å². The third-order valence-electron chi connectivity index (χ3n) is 6.12. The van der Waals surface area contributed by atoms with Gasteiger partial charge in [-0.2, -0.15) is 0 Å². The highest BCUT2D eigenvalue weighted by molar-refractivity contribution is 8.00. The molecule has 0 aliphatic rings. The number of carbonyl (C=O) groups is 3. The van der Waals surface area contributed by atoms with Crippen molar-refractivity contribution >= 4 is 46.9 Å². The molecule has 232 valence electrons. The first kappa shape index (κ1) is 32.6. The molecule has 0 radical (unpaired) electrons. The van der Waals surface area contributed by atoms with Gasteiger partial charge in [0.05, 0.1) is 20.0 Å². The van der Waals surface area contributed by atoms with Crippen molar-refractivity contribution < 1.29 is 41.4 Å². The molecule has 3 amide bonds. The van der Waals surface area contributed by atoms with Gasteiger partial charge in [0.25, 0.3) is 11.8 Å². The van der Waals surface area contributed by atoms with E-state index in [0.29, 0.717) is 33.2 Å². The Labute approximate surface area is 259 Å². The third-order valence-corrected chi connectivity index (χ3v) is 7.14. The van der Waals surface area contributed by atoms with Crippen LogP contribution in [0.25, 0.3) is 6.08 Å². The van der Waals surface area contributed by atoms with Gasteiger partial charge in [-0.05, 0) is 60.7 Å². The number of carbonyl (C=O) groups excluding carboxylic acids is 3. The van der Waals surface area contributed by atoms with Crippen LogP contribution in [0.2, 0.25) is 0 Å². The molecule has 8 nitrogen and oxygen atoms in total. The summed E-state index contributed by atoms with van der Waals surface area (Å²) >= 11 is 0.966. The van der Waals surface area contributed by atoms with Crippen LogP contribution in [0.1, 0.15) is 15.9 Å². The lowest BCUT2D eigenvalue weighted by Gasteiger charge is -2.13. The Hall–Kier alpha value is -5.30. The van der Waals surface area contributed by atoms with E-state index in [4.69, 9.17) is 9.47 Å². The Balaban J connectivity index is 1.47. The van der Waals surface area contributed by atoms with Crippen LogP contribution < -0.4 is 25.4 Å². The van der Waals surface area contributed by atoms with Crippen molar-refractivity contribution in [3.05, 3.63) is 119 Å². The summed E-state index contributed by atoms with van der Waals surface area (Å²) in [5, 5.41) is 7.17. The first-order chi connectivity index (χ1) is 21.6. The Morgan fingerprint density at radius 3 is 2.09 bits per heavy atom. The van der Waals surface area contributed by atoms with E-state index in [-0.39, 0.29) is 17.5 Å². The monoisotopic (exact) mass is 639 g/mol. The Kier molecular flexibility index (Phi) is 10.8. The van der Waals surface area contributed by atoms with E-state index in [0.717, 1.165) is 11.8 Å². The molecule has 0 fully saturated rings. The fourth-order valence-electron chi connectivity index (χ4n) is 3.89. The molecule has 0 spiro atoms. The molecule has 0 atom stereocenters. The fraction of sp³-hybridized carbons (Fsp3) is 0.0938. The summed E-state index contributed by atoms with van der Waals surface area (Å²) in [5.74, 6) is -8.23. The fourth-order valence-corrected chi connectivity index (χ4v) is 4.59. The van der Waals surface area contributed by atoms with E-state index in [9.17, 15) is 31.9 Å². The zero-order valence-corrected chi connectivity index (χ0v) is 24.6. The smallest absolute Gasteiger partial charge is 0.272 e. The number of rotatable bonds is 11. The van der Waals surface area contributed by atoms with Gasteiger partial charge in [-0.3, -0.25) is 14.4 Å². The van der Waals surface area contributed by atoms with E-state index in [2.05, 4.69) is 10.6 Å². The van der Waals surface area contributed by atoms with Crippen molar-refractivity contribution in [3.63, 3.8) is 0 Å². The number of anilines is 2. The first-order valence-corrected chi connectivity index (χ1v) is 14.0. The van der Waals surface area contributed by atoms with Crippen LogP contribution in [0.3, 0.4) is 0 Å². The summed E-state index contributed by atoms with van der Waals surface area (Å²) in [5.41, 5.74) is -0.191. The average molecular weight is 640 g/mol. The van der Waals surface area contributed by atoms with Gasteiger partial charge in [-0.1, -0.05) is 18.2 Å². The van der Waals surface area contributed by atoms with Crippen molar-refractivity contribution in [2.45, 2.75) is 4.90 Å². The molecular formula is C32H25F4N3O5S. The molecule has 0 aliphatic carbocycles. The zero-order valence-electron chi connectivity index (χ0n) is 23.8. The number of ether oxygens (including phenoxy) is 2. The molecular weight excluding hydrogens is 614 g/mol. The SMILES string of the molecule is COc1ccc(OC)c(/C=C(\NC(=O)c2ccccc2)C(=O)Nc2ccc(SCC(=O)Nc3c(F)c(F)cc(F)c3F)cc2)c1. The van der Waals surface area contributed by atoms with Crippen molar-refractivity contribution in [1.29, 1.82) is 0 Å². The molecule has 0 unspecified atom stereocenters. The van der Waals surface area contributed by atoms with Crippen LogP contribution in [-0.2, 0) is 9.59 Å². The predicted molar refractivity (Wildman–Crippen MR) is 162 cm³/mol. The lowest BCUT2D eigenvalue weighted by atomic mass is 10.1. The van der Waals surface area contributed by atoms with Gasteiger partial charge in [0.2, 0.25) is 5.91 Å². The molecule has 0 bridgehead atoms. The number of thioether (sulfide) groups is 1. The van der Waals surface area contributed by atoms with Crippen LogP contribution in [0.4, 0.5) is 28.9 Å². The highest BCUT2D eigenvalue weighted by atomic mass is 32.2. The largest absolute Gasteiger partial charge is 0.497 e. The average Bonchev–Trinajstić information content (AvgIpc) is 3.05. The van der Waals surface area contributed by atoms with E-state index in [1.807, 2.05) is 5.32 Å². The summed E-state index contributed by atoms with van der Waals surface area (Å²) in [4.78, 5) is 39.0. The molecule has 4 aromatic carbocycles. The molecule has 3 N–H and O–H groups in total. The Morgan fingerprint density at radius 1 is 0.800 bits per heavy atom. The topological polar surface area (TPSA) is 106 Å². The standard InChI is InChI=1S/C32H25F4N3O5S/c1-43-21-10-13-26(44-2)19(14-21)15-25(38-31(41)18-6-4-3-5-7-18)32(42)37-20-8-11-22(12-9-20)45-17-27(40)39-30-28(35)23(33)16-24(34)29(30)36/h3-16H,17H2,1-2H3,(H,37,42)(H,38,41)(H,39,40)/b25-15-. The van der Waals surface area contributed by atoms with Crippen molar-refractivity contribution in [2.24, 2.45) is 0 Å². The van der Waals surface area contributed by atoms with Crippen LogP contribution >= 0.6 is 11.8 Å². The number of hydrogen-bond donors (Lipinski definition) is 3. The van der Waals surface area contributed by atoms with Gasteiger partial charge in [0.15, 0.2) is 23.3 Å². The second kappa shape index (κ2) is 14.9. The maximum atomic E-state index is 13.8. The maximum absolute atomic E-state index is 13.8. The van der Waals surface area contributed by atoms with Crippen LogP contribution in [0, 0.1) is 23.3 Å². The molecule has 0 aliphatic heterocycles. The quantitative estimate of drug-likeness (QED) is 0.0760. The summed E-state index contributed by atoms with van der Waals surface area (Å²) < 4.78 is 65.2. The van der Waals surface area contributed by atoms with Gasteiger partial charge in [-0.15, -0.1) is 11.8 Å². The molecule has 0 aromatic heterocycles. The summed E-state index contributed by atoms with van der Waals surface area (Å²) in [6.45, 7) is 0. The predicted octanol–water partition coefficient (Wildman–Crippen LogP) is 6.40. The molecule has 4 aromatic rings. The van der Waals surface area contributed by atoms with Crippen LogP contribution in [0.15, 0.2) is 89.5 Å². The maximum Gasteiger partial charge on any atom is 0.272 e. The number of amides is 3. The van der Waals surface area contributed by atoms with Crippen LogP contribution in [-0.4, -0.2) is 37.7 Å². The van der Waals surface area contributed by atoms with Gasteiger partial charge < -0.3 is 25.4 Å². The normalized spacial score (nSPS) is 11.0. The number of hydrogen-bond acceptors (Lipinski definition) is 6. The minimum absolute atomic E-state index is 0.0427. The number of methoxy groups -OCH3 is 2. The lowest BCUT2D eigenvalue weighted by molar-refractivity contribution is -0.114. The third kappa shape index (κ3) is 8.42.